The van der Waals surface area contributed by atoms with E-state index in [1.165, 1.54) is 6.07 Å². The van der Waals surface area contributed by atoms with E-state index in [-0.39, 0.29) is 11.9 Å². The van der Waals surface area contributed by atoms with Crippen LogP contribution in [0.1, 0.15) is 68.9 Å². The molecule has 4 nitrogen and oxygen atoms in total. The number of amides is 1. The van der Waals surface area contributed by atoms with Crippen molar-refractivity contribution in [3.05, 3.63) is 41.2 Å². The highest BCUT2D eigenvalue weighted by molar-refractivity contribution is 5.76. The van der Waals surface area contributed by atoms with E-state index >= 15 is 0 Å². The zero-order chi connectivity index (χ0) is 23.8. The first kappa shape index (κ1) is 25.2. The maximum absolute atomic E-state index is 13.7. The maximum Gasteiger partial charge on any atom is 0.416 e. The predicted octanol–water partition coefficient (Wildman–Crippen LogP) is 5.69. The third-order valence-electron chi connectivity index (χ3n) is 6.65. The Morgan fingerprint density at radius 2 is 1.94 bits per heavy atom. The van der Waals surface area contributed by atoms with Gasteiger partial charge in [0.25, 0.3) is 0 Å². The summed E-state index contributed by atoms with van der Waals surface area (Å²) in [5.74, 6) is -0.220. The lowest BCUT2D eigenvalue weighted by Crippen LogP contribution is -2.38. The first-order chi connectivity index (χ1) is 15.7. The highest BCUT2D eigenvalue weighted by atomic mass is 19.4. The van der Waals surface area contributed by atoms with Gasteiger partial charge in [-0.05, 0) is 86.7 Å². The fourth-order valence-corrected chi connectivity index (χ4v) is 4.70. The summed E-state index contributed by atoms with van der Waals surface area (Å²) in [6.45, 7) is 2.33. The van der Waals surface area contributed by atoms with Gasteiger partial charge in [-0.2, -0.15) is 18.4 Å². The molecule has 1 aromatic rings. The van der Waals surface area contributed by atoms with Gasteiger partial charge in [0.05, 0.1) is 11.6 Å². The van der Waals surface area contributed by atoms with Gasteiger partial charge in [0.2, 0.25) is 5.91 Å². The molecule has 0 saturated heterocycles. The zero-order valence-electron chi connectivity index (χ0n) is 18.8. The number of carbonyl (C=O) groups excluding carboxylic acids is 1. The van der Waals surface area contributed by atoms with Gasteiger partial charge in [0, 0.05) is 32.0 Å². The van der Waals surface area contributed by atoms with Crippen molar-refractivity contribution in [2.45, 2.75) is 70.0 Å². The van der Waals surface area contributed by atoms with Gasteiger partial charge in [-0.15, -0.1) is 0 Å². The molecule has 1 heterocycles. The standard InChI is InChI=1S/C25H31F4N3O/c26-22-16-20(15-21(17-22)25(27,28)29)19-9-13-32(14-10-19)12-8-18-4-6-23(7-5-18)31-24(33)3-1-2-11-30/h9,15-18,23H,1-8,10,12-14H2,(H,31,33). The van der Waals surface area contributed by atoms with Gasteiger partial charge in [0.15, 0.2) is 0 Å². The maximum atomic E-state index is 13.7. The summed E-state index contributed by atoms with van der Waals surface area (Å²) < 4.78 is 52.6. The predicted molar refractivity (Wildman–Crippen MR) is 118 cm³/mol. The Labute approximate surface area is 192 Å². The number of unbranched alkanes of at least 4 members (excludes halogenated alkanes) is 1. The molecule has 0 aromatic heterocycles. The minimum absolute atomic E-state index is 0.0326. The Morgan fingerprint density at radius 1 is 1.18 bits per heavy atom. The van der Waals surface area contributed by atoms with Gasteiger partial charge in [-0.1, -0.05) is 6.08 Å². The Balaban J connectivity index is 1.40. The summed E-state index contributed by atoms with van der Waals surface area (Å²) >= 11 is 0. The fourth-order valence-electron chi connectivity index (χ4n) is 4.70. The number of alkyl halides is 3. The zero-order valence-corrected chi connectivity index (χ0v) is 18.8. The van der Waals surface area contributed by atoms with Gasteiger partial charge >= 0.3 is 6.18 Å². The fraction of sp³-hybridized carbons (Fsp3) is 0.600. The Hall–Kier alpha value is -2.40. The molecule has 8 heteroatoms. The van der Waals surface area contributed by atoms with E-state index in [0.717, 1.165) is 56.8 Å². The van der Waals surface area contributed by atoms with Crippen molar-refractivity contribution in [2.75, 3.05) is 19.6 Å². The molecular formula is C25H31F4N3O. The van der Waals surface area contributed by atoms with Gasteiger partial charge in [-0.3, -0.25) is 9.69 Å². The molecule has 0 bridgehead atoms. The van der Waals surface area contributed by atoms with Crippen LogP contribution in [0.5, 0.6) is 0 Å². The van der Waals surface area contributed by atoms with Crippen molar-refractivity contribution in [1.82, 2.24) is 10.2 Å². The lowest BCUT2D eigenvalue weighted by atomic mass is 9.84. The lowest BCUT2D eigenvalue weighted by Gasteiger charge is -2.32. The van der Waals surface area contributed by atoms with E-state index in [1.807, 2.05) is 6.08 Å². The van der Waals surface area contributed by atoms with Crippen LogP contribution in [0, 0.1) is 23.1 Å². The number of benzene rings is 1. The van der Waals surface area contributed by atoms with Crippen LogP contribution in [-0.4, -0.2) is 36.5 Å². The molecule has 1 aromatic carbocycles. The third-order valence-corrected chi connectivity index (χ3v) is 6.65. The minimum atomic E-state index is -4.56. The summed E-state index contributed by atoms with van der Waals surface area (Å²) in [6.07, 6.45) is 4.52. The van der Waals surface area contributed by atoms with Gasteiger partial charge < -0.3 is 5.32 Å². The number of nitriles is 1. The summed E-state index contributed by atoms with van der Waals surface area (Å²) in [6, 6.07) is 5.02. The first-order valence-electron chi connectivity index (χ1n) is 11.7. The van der Waals surface area contributed by atoms with Crippen molar-refractivity contribution in [1.29, 1.82) is 5.26 Å². The molecule has 1 saturated carbocycles. The van der Waals surface area contributed by atoms with Gasteiger partial charge in [-0.25, -0.2) is 4.39 Å². The van der Waals surface area contributed by atoms with E-state index in [4.69, 9.17) is 5.26 Å². The number of nitrogens with zero attached hydrogens (tertiary/aromatic N) is 2. The van der Waals surface area contributed by atoms with Crippen LogP contribution in [0.2, 0.25) is 0 Å². The number of halogens is 4. The molecule has 0 unspecified atom stereocenters. The van der Waals surface area contributed by atoms with E-state index in [2.05, 4.69) is 16.3 Å². The molecule has 1 fully saturated rings. The molecular weight excluding hydrogens is 434 g/mol. The van der Waals surface area contributed by atoms with Crippen LogP contribution < -0.4 is 5.32 Å². The Morgan fingerprint density at radius 3 is 2.58 bits per heavy atom. The van der Waals surface area contributed by atoms with E-state index in [0.29, 0.717) is 49.8 Å². The molecule has 1 N–H and O–H groups in total. The quantitative estimate of drug-likeness (QED) is 0.396. The molecule has 180 valence electrons. The molecule has 1 aliphatic carbocycles. The summed E-state index contributed by atoms with van der Waals surface area (Å²) in [5.41, 5.74) is 0.132. The molecule has 0 radical (unpaired) electrons. The van der Waals surface area contributed by atoms with Crippen molar-refractivity contribution >= 4 is 11.5 Å². The number of hydrogen-bond acceptors (Lipinski definition) is 3. The molecule has 33 heavy (non-hydrogen) atoms. The van der Waals surface area contributed by atoms with Crippen LogP contribution >= 0.6 is 0 Å². The van der Waals surface area contributed by atoms with Crippen LogP contribution in [-0.2, 0) is 11.0 Å². The second-order valence-electron chi connectivity index (χ2n) is 9.09. The topological polar surface area (TPSA) is 56.1 Å². The highest BCUT2D eigenvalue weighted by Crippen LogP contribution is 2.33. The molecule has 0 spiro atoms. The summed E-state index contributed by atoms with van der Waals surface area (Å²) in [4.78, 5) is 14.2. The number of hydrogen-bond donors (Lipinski definition) is 1. The number of carbonyl (C=O) groups is 1. The van der Waals surface area contributed by atoms with Gasteiger partial charge in [0.1, 0.15) is 5.82 Å². The molecule has 2 aliphatic rings. The van der Waals surface area contributed by atoms with E-state index in [1.54, 1.807) is 0 Å². The smallest absolute Gasteiger partial charge is 0.353 e. The Bertz CT molecular complexity index is 883. The average Bonchev–Trinajstić information content (AvgIpc) is 2.78. The molecule has 1 amide bonds. The second-order valence-corrected chi connectivity index (χ2v) is 9.09. The summed E-state index contributed by atoms with van der Waals surface area (Å²) in [7, 11) is 0. The van der Waals surface area contributed by atoms with E-state index in [9.17, 15) is 22.4 Å². The number of rotatable bonds is 8. The third kappa shape index (κ3) is 7.85. The SMILES string of the molecule is N#CCCCC(=O)NC1CCC(CCN2CC=C(c3cc(F)cc(C(F)(F)F)c3)CC2)CC1. The molecule has 1 aliphatic heterocycles. The number of nitrogens with one attached hydrogen (secondary N) is 1. The Kier molecular flexibility index (Phi) is 8.90. The second kappa shape index (κ2) is 11.6. The molecule has 0 atom stereocenters. The van der Waals surface area contributed by atoms with Crippen molar-refractivity contribution in [3.8, 4) is 6.07 Å². The highest BCUT2D eigenvalue weighted by Gasteiger charge is 2.32. The monoisotopic (exact) mass is 465 g/mol. The van der Waals surface area contributed by atoms with Crippen molar-refractivity contribution in [2.24, 2.45) is 5.92 Å². The average molecular weight is 466 g/mol. The normalized spacial score (nSPS) is 21.8. The first-order valence-corrected chi connectivity index (χ1v) is 11.7. The van der Waals surface area contributed by atoms with Crippen molar-refractivity contribution in [3.63, 3.8) is 0 Å². The van der Waals surface area contributed by atoms with Crippen LogP contribution in [0.25, 0.3) is 5.57 Å². The van der Waals surface area contributed by atoms with Crippen LogP contribution in [0.3, 0.4) is 0 Å². The summed E-state index contributed by atoms with van der Waals surface area (Å²) in [5, 5.41) is 11.6. The van der Waals surface area contributed by atoms with Crippen LogP contribution in [0.4, 0.5) is 17.6 Å². The minimum Gasteiger partial charge on any atom is -0.353 e. The van der Waals surface area contributed by atoms with E-state index < -0.39 is 17.6 Å². The lowest BCUT2D eigenvalue weighted by molar-refractivity contribution is -0.137. The largest absolute Gasteiger partial charge is 0.416 e. The molecule has 3 rings (SSSR count). The van der Waals surface area contributed by atoms with Crippen molar-refractivity contribution < 1.29 is 22.4 Å². The van der Waals surface area contributed by atoms with Crippen LogP contribution in [0.15, 0.2) is 24.3 Å².